The number of hydrogen-bond acceptors (Lipinski definition) is 2. The number of benzene rings is 3. The van der Waals surface area contributed by atoms with Gasteiger partial charge >= 0.3 is 0 Å². The largest absolute Gasteiger partial charge is 0.354 e. The van der Waals surface area contributed by atoms with Crippen molar-refractivity contribution < 1.29 is 0 Å². The Hall–Kier alpha value is -2.65. The van der Waals surface area contributed by atoms with Gasteiger partial charge in [0.1, 0.15) is 5.84 Å². The van der Waals surface area contributed by atoms with Crippen LogP contribution in [0.4, 0.5) is 0 Å². The van der Waals surface area contributed by atoms with Crippen LogP contribution in [0.2, 0.25) is 0 Å². The summed E-state index contributed by atoms with van der Waals surface area (Å²) in [5, 5.41) is 2.70. The summed E-state index contributed by atoms with van der Waals surface area (Å²) in [6.45, 7) is 5.18. The third kappa shape index (κ3) is 3.49. The minimum absolute atomic E-state index is 1.01. The van der Waals surface area contributed by atoms with E-state index in [2.05, 4.69) is 87.6 Å². The molecule has 0 aromatic heterocycles. The monoisotopic (exact) mass is 343 g/mol. The van der Waals surface area contributed by atoms with Crippen molar-refractivity contribution in [1.29, 1.82) is 0 Å². The molecule has 1 saturated heterocycles. The van der Waals surface area contributed by atoms with Gasteiger partial charge in [0.15, 0.2) is 0 Å². The molecule has 1 fully saturated rings. The van der Waals surface area contributed by atoms with E-state index in [9.17, 15) is 0 Å². The lowest BCUT2D eigenvalue weighted by atomic mass is 10.0. The SMILES string of the molecule is CN=C(c1ccccc1)N1CCN(Cc2cccc3ccccc23)CC1. The summed E-state index contributed by atoms with van der Waals surface area (Å²) in [5.74, 6) is 1.11. The number of rotatable bonds is 3. The number of hydrogen-bond donors (Lipinski definition) is 0. The van der Waals surface area contributed by atoms with Crippen LogP contribution in [0.25, 0.3) is 10.8 Å². The van der Waals surface area contributed by atoms with Crippen molar-refractivity contribution in [3.63, 3.8) is 0 Å². The van der Waals surface area contributed by atoms with Gasteiger partial charge in [-0.2, -0.15) is 0 Å². The van der Waals surface area contributed by atoms with Crippen molar-refractivity contribution in [2.45, 2.75) is 6.54 Å². The first-order chi connectivity index (χ1) is 12.8. The van der Waals surface area contributed by atoms with Gasteiger partial charge in [-0.15, -0.1) is 0 Å². The topological polar surface area (TPSA) is 18.8 Å². The Bertz CT molecular complexity index is 888. The van der Waals surface area contributed by atoms with E-state index in [4.69, 9.17) is 0 Å². The van der Waals surface area contributed by atoms with E-state index in [0.29, 0.717) is 0 Å². The summed E-state index contributed by atoms with van der Waals surface area (Å²) in [4.78, 5) is 9.52. The molecular formula is C23H25N3. The van der Waals surface area contributed by atoms with E-state index in [-0.39, 0.29) is 0 Å². The highest BCUT2D eigenvalue weighted by Gasteiger charge is 2.20. The van der Waals surface area contributed by atoms with Gasteiger partial charge in [0.05, 0.1) is 0 Å². The van der Waals surface area contributed by atoms with E-state index < -0.39 is 0 Å². The molecule has 3 aromatic rings. The number of aliphatic imine (C=N–C) groups is 1. The second-order valence-corrected chi connectivity index (χ2v) is 6.81. The third-order valence-corrected chi connectivity index (χ3v) is 5.19. The van der Waals surface area contributed by atoms with Crippen LogP contribution in [-0.2, 0) is 6.54 Å². The number of nitrogens with zero attached hydrogens (tertiary/aromatic N) is 3. The van der Waals surface area contributed by atoms with E-state index in [1.807, 2.05) is 7.05 Å². The standard InChI is InChI=1S/C23H25N3/c1-24-23(20-9-3-2-4-10-20)26-16-14-25(15-17-26)18-21-12-7-11-19-8-5-6-13-22(19)21/h2-13H,14-18H2,1H3. The van der Waals surface area contributed by atoms with Gasteiger partial charge in [0.25, 0.3) is 0 Å². The summed E-state index contributed by atoms with van der Waals surface area (Å²) in [7, 11) is 1.89. The van der Waals surface area contributed by atoms with Gasteiger partial charge in [-0.05, 0) is 16.3 Å². The summed E-state index contributed by atoms with van der Waals surface area (Å²) in [6.07, 6.45) is 0. The molecule has 1 aliphatic heterocycles. The maximum atomic E-state index is 4.56. The average molecular weight is 343 g/mol. The molecule has 3 heteroatoms. The average Bonchev–Trinajstić information content (AvgIpc) is 2.71. The maximum absolute atomic E-state index is 4.56. The highest BCUT2D eigenvalue weighted by Crippen LogP contribution is 2.21. The molecule has 0 N–H and O–H groups in total. The van der Waals surface area contributed by atoms with Crippen molar-refractivity contribution in [2.75, 3.05) is 33.2 Å². The van der Waals surface area contributed by atoms with Crippen LogP contribution in [0.5, 0.6) is 0 Å². The second kappa shape index (κ2) is 7.71. The lowest BCUT2D eigenvalue weighted by Crippen LogP contribution is -2.48. The molecule has 0 aliphatic carbocycles. The fourth-order valence-electron chi connectivity index (χ4n) is 3.83. The van der Waals surface area contributed by atoms with Crippen molar-refractivity contribution >= 4 is 16.6 Å². The van der Waals surface area contributed by atoms with Crippen molar-refractivity contribution in [2.24, 2.45) is 4.99 Å². The predicted molar refractivity (Wildman–Crippen MR) is 110 cm³/mol. The van der Waals surface area contributed by atoms with Crippen LogP contribution in [0, 0.1) is 0 Å². The van der Waals surface area contributed by atoms with Crippen LogP contribution >= 0.6 is 0 Å². The number of fused-ring (bicyclic) bond motifs is 1. The van der Waals surface area contributed by atoms with Crippen LogP contribution in [0.15, 0.2) is 77.8 Å². The second-order valence-electron chi connectivity index (χ2n) is 6.81. The van der Waals surface area contributed by atoms with Crippen molar-refractivity contribution in [3.8, 4) is 0 Å². The van der Waals surface area contributed by atoms with Gasteiger partial charge in [-0.3, -0.25) is 9.89 Å². The summed E-state index contributed by atoms with van der Waals surface area (Å²) < 4.78 is 0. The van der Waals surface area contributed by atoms with Crippen molar-refractivity contribution in [3.05, 3.63) is 83.9 Å². The molecule has 3 nitrogen and oxygen atoms in total. The molecule has 1 aliphatic rings. The molecule has 0 atom stereocenters. The fourth-order valence-corrected chi connectivity index (χ4v) is 3.83. The predicted octanol–water partition coefficient (Wildman–Crippen LogP) is 4.03. The van der Waals surface area contributed by atoms with Gasteiger partial charge in [-0.1, -0.05) is 72.8 Å². The van der Waals surface area contributed by atoms with Crippen molar-refractivity contribution in [1.82, 2.24) is 9.80 Å². The van der Waals surface area contributed by atoms with E-state index in [1.54, 1.807) is 0 Å². The molecule has 0 unspecified atom stereocenters. The number of amidine groups is 1. The summed E-state index contributed by atoms with van der Waals surface area (Å²) in [6, 6.07) is 25.8. The lowest BCUT2D eigenvalue weighted by molar-refractivity contribution is 0.176. The zero-order valence-electron chi connectivity index (χ0n) is 15.3. The highest BCUT2D eigenvalue weighted by molar-refractivity contribution is 5.98. The first-order valence-electron chi connectivity index (χ1n) is 9.31. The molecule has 0 radical (unpaired) electrons. The Labute approximate surface area is 155 Å². The molecular weight excluding hydrogens is 318 g/mol. The number of piperazine rings is 1. The zero-order chi connectivity index (χ0) is 17.8. The molecule has 0 amide bonds. The maximum Gasteiger partial charge on any atom is 0.130 e. The van der Waals surface area contributed by atoms with Gasteiger partial charge in [0.2, 0.25) is 0 Å². The minimum Gasteiger partial charge on any atom is -0.354 e. The summed E-state index contributed by atoms with van der Waals surface area (Å²) >= 11 is 0. The smallest absolute Gasteiger partial charge is 0.130 e. The molecule has 1 heterocycles. The first kappa shape index (κ1) is 16.8. The summed E-state index contributed by atoms with van der Waals surface area (Å²) in [5.41, 5.74) is 2.63. The zero-order valence-corrected chi connectivity index (χ0v) is 15.3. The molecule has 3 aromatic carbocycles. The minimum atomic E-state index is 1.01. The van der Waals surface area contributed by atoms with Crippen LogP contribution in [0.3, 0.4) is 0 Å². The van der Waals surface area contributed by atoms with E-state index in [0.717, 1.165) is 38.6 Å². The molecule has 26 heavy (non-hydrogen) atoms. The molecule has 0 spiro atoms. The Morgan fingerprint density at radius 3 is 2.27 bits per heavy atom. The van der Waals surface area contributed by atoms with Gasteiger partial charge in [-0.25, -0.2) is 0 Å². The Kier molecular flexibility index (Phi) is 4.98. The lowest BCUT2D eigenvalue weighted by Gasteiger charge is -2.36. The van der Waals surface area contributed by atoms with Crippen LogP contribution in [-0.4, -0.2) is 48.9 Å². The first-order valence-corrected chi connectivity index (χ1v) is 9.31. The van der Waals surface area contributed by atoms with Crippen LogP contribution < -0.4 is 0 Å². The Morgan fingerprint density at radius 1 is 0.808 bits per heavy atom. The van der Waals surface area contributed by atoms with Gasteiger partial charge < -0.3 is 4.90 Å². The van der Waals surface area contributed by atoms with Gasteiger partial charge in [0, 0.05) is 45.3 Å². The molecule has 132 valence electrons. The Balaban J connectivity index is 1.44. The van der Waals surface area contributed by atoms with E-state index in [1.165, 1.54) is 21.9 Å². The Morgan fingerprint density at radius 2 is 1.50 bits per heavy atom. The third-order valence-electron chi connectivity index (χ3n) is 5.19. The fraction of sp³-hybridized carbons (Fsp3) is 0.261. The quantitative estimate of drug-likeness (QED) is 0.528. The molecule has 0 bridgehead atoms. The highest BCUT2D eigenvalue weighted by atomic mass is 15.3. The molecule has 4 rings (SSSR count). The molecule has 0 saturated carbocycles. The normalized spacial score (nSPS) is 16.2. The van der Waals surface area contributed by atoms with E-state index >= 15 is 0 Å². The van der Waals surface area contributed by atoms with Crippen LogP contribution in [0.1, 0.15) is 11.1 Å².